The number of nitrogens with one attached hydrogen (secondary N) is 1. The summed E-state index contributed by atoms with van der Waals surface area (Å²) in [5.74, 6) is 1.19. The van der Waals surface area contributed by atoms with Crippen LogP contribution in [0.4, 0.5) is 0 Å². The van der Waals surface area contributed by atoms with Gasteiger partial charge in [0.2, 0.25) is 10.0 Å². The average Bonchev–Trinajstić information content (AvgIpc) is 2.67. The average molecular weight is 424 g/mol. The molecule has 0 radical (unpaired) electrons. The summed E-state index contributed by atoms with van der Waals surface area (Å²) in [6.07, 6.45) is 1.26. The lowest BCUT2D eigenvalue weighted by Gasteiger charge is -2.36. The van der Waals surface area contributed by atoms with Crippen molar-refractivity contribution in [2.75, 3.05) is 45.9 Å². The molecule has 3 atom stereocenters. The van der Waals surface area contributed by atoms with E-state index in [-0.39, 0.29) is 16.8 Å². The fourth-order valence-electron chi connectivity index (χ4n) is 4.40. The van der Waals surface area contributed by atoms with Crippen LogP contribution in [-0.2, 0) is 14.8 Å². The molecule has 3 unspecified atom stereocenters. The quantitative estimate of drug-likeness (QED) is 0.755. The number of benzene rings is 1. The van der Waals surface area contributed by atoms with Crippen molar-refractivity contribution in [1.29, 1.82) is 0 Å². The standard InChI is InChI=1S/C21H33N3O4S/c1-16-12-17(2)14-23(13-16)15-18(3)22-21(25)19-4-6-20(7-5-19)29(26,27)24-8-10-28-11-9-24/h4-7,16-18H,8-15H2,1-3H3,(H,22,25). The molecule has 1 amide bonds. The van der Waals surface area contributed by atoms with Crippen molar-refractivity contribution < 1.29 is 17.9 Å². The first-order chi connectivity index (χ1) is 13.8. The zero-order valence-electron chi connectivity index (χ0n) is 17.6. The zero-order valence-corrected chi connectivity index (χ0v) is 18.5. The highest BCUT2D eigenvalue weighted by Gasteiger charge is 2.27. The molecule has 2 aliphatic heterocycles. The maximum atomic E-state index is 12.7. The summed E-state index contributed by atoms with van der Waals surface area (Å²) in [6, 6.07) is 6.22. The van der Waals surface area contributed by atoms with E-state index >= 15 is 0 Å². The van der Waals surface area contributed by atoms with Crippen LogP contribution in [0.15, 0.2) is 29.2 Å². The van der Waals surface area contributed by atoms with Crippen LogP contribution in [0.3, 0.4) is 0 Å². The SMILES string of the molecule is CC1CC(C)CN(CC(C)NC(=O)c2ccc(S(=O)(=O)N3CCOCC3)cc2)C1. The minimum atomic E-state index is -3.54. The maximum Gasteiger partial charge on any atom is 0.251 e. The fourth-order valence-corrected chi connectivity index (χ4v) is 5.80. The van der Waals surface area contributed by atoms with E-state index in [4.69, 9.17) is 4.74 Å². The molecule has 3 rings (SSSR count). The highest BCUT2D eigenvalue weighted by Crippen LogP contribution is 2.21. The highest BCUT2D eigenvalue weighted by atomic mass is 32.2. The van der Waals surface area contributed by atoms with E-state index in [1.165, 1.54) is 22.9 Å². The van der Waals surface area contributed by atoms with E-state index in [1.54, 1.807) is 12.1 Å². The molecule has 2 heterocycles. The minimum absolute atomic E-state index is 0.0248. The van der Waals surface area contributed by atoms with E-state index in [1.807, 2.05) is 6.92 Å². The number of likely N-dealkylation sites (tertiary alicyclic amines) is 1. The van der Waals surface area contributed by atoms with Gasteiger partial charge in [0.05, 0.1) is 18.1 Å². The van der Waals surface area contributed by atoms with Crippen molar-refractivity contribution in [3.8, 4) is 0 Å². The molecule has 0 aliphatic carbocycles. The normalized spacial score (nSPS) is 25.5. The van der Waals surface area contributed by atoms with Gasteiger partial charge in [-0.15, -0.1) is 0 Å². The van der Waals surface area contributed by atoms with Gasteiger partial charge in [-0.25, -0.2) is 8.42 Å². The molecule has 2 fully saturated rings. The lowest BCUT2D eigenvalue weighted by atomic mass is 9.92. The molecule has 0 saturated carbocycles. The number of ether oxygens (including phenoxy) is 1. The predicted octanol–water partition coefficient (Wildman–Crippen LogP) is 1.80. The summed E-state index contributed by atoms with van der Waals surface area (Å²) in [5, 5.41) is 3.04. The molecule has 0 spiro atoms. The largest absolute Gasteiger partial charge is 0.379 e. The van der Waals surface area contributed by atoms with E-state index in [0.717, 1.165) is 19.6 Å². The second-order valence-corrected chi connectivity index (χ2v) is 10.5. The first-order valence-electron chi connectivity index (χ1n) is 10.5. The molecule has 0 bridgehead atoms. The van der Waals surface area contributed by atoms with Gasteiger partial charge in [0.25, 0.3) is 5.91 Å². The first-order valence-corrected chi connectivity index (χ1v) is 11.9. The Morgan fingerprint density at radius 1 is 1.14 bits per heavy atom. The third-order valence-corrected chi connectivity index (χ3v) is 7.49. The second-order valence-electron chi connectivity index (χ2n) is 8.58. The number of piperidine rings is 1. The molecule has 2 saturated heterocycles. The van der Waals surface area contributed by atoms with Crippen molar-refractivity contribution in [2.24, 2.45) is 11.8 Å². The number of nitrogens with zero attached hydrogens (tertiary/aromatic N) is 2. The predicted molar refractivity (Wildman–Crippen MR) is 112 cm³/mol. The number of hydrogen-bond acceptors (Lipinski definition) is 5. The van der Waals surface area contributed by atoms with Crippen molar-refractivity contribution in [2.45, 2.75) is 38.1 Å². The van der Waals surface area contributed by atoms with E-state index in [2.05, 4.69) is 24.1 Å². The van der Waals surface area contributed by atoms with Gasteiger partial charge in [-0.1, -0.05) is 13.8 Å². The Hall–Kier alpha value is -1.48. The lowest BCUT2D eigenvalue weighted by molar-refractivity contribution is 0.0730. The van der Waals surface area contributed by atoms with Gasteiger partial charge in [0.1, 0.15) is 0 Å². The summed E-state index contributed by atoms with van der Waals surface area (Å²) in [4.78, 5) is 15.2. The third-order valence-electron chi connectivity index (χ3n) is 5.58. The van der Waals surface area contributed by atoms with Crippen molar-refractivity contribution in [3.05, 3.63) is 29.8 Å². The van der Waals surface area contributed by atoms with Gasteiger partial charge in [-0.2, -0.15) is 4.31 Å². The Morgan fingerprint density at radius 2 is 1.72 bits per heavy atom. The van der Waals surface area contributed by atoms with Crippen LogP contribution in [0, 0.1) is 11.8 Å². The van der Waals surface area contributed by atoms with Crippen molar-refractivity contribution in [1.82, 2.24) is 14.5 Å². The molecule has 0 aromatic heterocycles. The van der Waals surface area contributed by atoms with E-state index in [9.17, 15) is 13.2 Å². The van der Waals surface area contributed by atoms with Gasteiger partial charge >= 0.3 is 0 Å². The number of carbonyl (C=O) groups excluding carboxylic acids is 1. The van der Waals surface area contributed by atoms with Crippen LogP contribution in [0.5, 0.6) is 0 Å². The molecular weight excluding hydrogens is 390 g/mol. The Morgan fingerprint density at radius 3 is 2.31 bits per heavy atom. The van der Waals surface area contributed by atoms with Gasteiger partial charge in [0, 0.05) is 44.3 Å². The van der Waals surface area contributed by atoms with Crippen molar-refractivity contribution in [3.63, 3.8) is 0 Å². The van der Waals surface area contributed by atoms with Crippen LogP contribution in [0.1, 0.15) is 37.6 Å². The molecule has 7 nitrogen and oxygen atoms in total. The van der Waals surface area contributed by atoms with E-state index < -0.39 is 10.0 Å². The van der Waals surface area contributed by atoms with Crippen molar-refractivity contribution >= 4 is 15.9 Å². The number of hydrogen-bond donors (Lipinski definition) is 1. The molecule has 2 aliphatic rings. The van der Waals surface area contributed by atoms with Gasteiger partial charge in [-0.05, 0) is 49.4 Å². The number of morpholine rings is 1. The molecule has 29 heavy (non-hydrogen) atoms. The zero-order chi connectivity index (χ0) is 21.0. The van der Waals surface area contributed by atoms with Gasteiger partial charge in [-0.3, -0.25) is 4.79 Å². The Bertz CT molecular complexity index is 781. The molecule has 1 aromatic rings. The summed E-state index contributed by atoms with van der Waals surface area (Å²) in [7, 11) is -3.54. The summed E-state index contributed by atoms with van der Waals surface area (Å²) in [6.45, 7) is 11.1. The molecule has 8 heteroatoms. The maximum absolute atomic E-state index is 12.7. The monoisotopic (exact) mass is 423 g/mol. The number of amides is 1. The third kappa shape index (κ3) is 5.78. The minimum Gasteiger partial charge on any atom is -0.379 e. The Kier molecular flexibility index (Phi) is 7.32. The van der Waals surface area contributed by atoms with Gasteiger partial charge < -0.3 is 15.0 Å². The topological polar surface area (TPSA) is 79.0 Å². The van der Waals surface area contributed by atoms with Crippen LogP contribution < -0.4 is 5.32 Å². The Balaban J connectivity index is 1.57. The second kappa shape index (κ2) is 9.55. The summed E-state index contributed by atoms with van der Waals surface area (Å²) >= 11 is 0. The van der Waals surface area contributed by atoms with Crippen LogP contribution in [-0.4, -0.2) is 75.5 Å². The lowest BCUT2D eigenvalue weighted by Crippen LogP contribution is -2.47. The molecule has 1 N–H and O–H groups in total. The highest BCUT2D eigenvalue weighted by molar-refractivity contribution is 7.89. The van der Waals surface area contributed by atoms with E-state index in [0.29, 0.717) is 43.7 Å². The fraction of sp³-hybridized carbons (Fsp3) is 0.667. The van der Waals surface area contributed by atoms with Gasteiger partial charge in [0.15, 0.2) is 0 Å². The molecule has 162 valence electrons. The number of sulfonamides is 1. The first kappa shape index (κ1) is 22.2. The smallest absolute Gasteiger partial charge is 0.251 e. The van der Waals surface area contributed by atoms with Crippen LogP contribution >= 0.6 is 0 Å². The Labute approximate surface area is 174 Å². The van der Waals surface area contributed by atoms with Crippen LogP contribution in [0.2, 0.25) is 0 Å². The molecule has 1 aromatic carbocycles. The number of carbonyl (C=O) groups is 1. The number of rotatable bonds is 6. The van der Waals surface area contributed by atoms with Crippen LogP contribution in [0.25, 0.3) is 0 Å². The molecular formula is C21H33N3O4S. The summed E-state index contributed by atoms with van der Waals surface area (Å²) < 4.78 is 32.0. The summed E-state index contributed by atoms with van der Waals surface area (Å²) in [5.41, 5.74) is 0.471.